The molecule has 1 N–H and O–H groups in total. The largest absolute Gasteiger partial charge is 1.00 e. The second-order valence-electron chi connectivity index (χ2n) is 3.18. The molecule has 0 bridgehead atoms. The molecule has 0 radical (unpaired) electrons. The first kappa shape index (κ1) is 17.7. The molecule has 7 heteroatoms. The van der Waals surface area contributed by atoms with Crippen molar-refractivity contribution in [2.45, 2.75) is 6.42 Å². The Morgan fingerprint density at radius 2 is 1.89 bits per heavy atom. The average molecular weight is 291 g/mol. The third kappa shape index (κ3) is 6.57. The number of hydrogen-bond donors (Lipinski definition) is 2. The molecule has 0 saturated carbocycles. The Bertz CT molecular complexity index is 447. The summed E-state index contributed by atoms with van der Waals surface area (Å²) in [5.41, 5.74) is 3.77. The molecule has 0 aromatic heterocycles. The maximum Gasteiger partial charge on any atom is 1.00 e. The van der Waals surface area contributed by atoms with Gasteiger partial charge in [0.25, 0.3) is 0 Å². The fraction of sp³-hybridized carbons (Fsp3) is 0.0909. The molecule has 0 heterocycles. The van der Waals surface area contributed by atoms with E-state index in [-0.39, 0.29) is 62.9 Å². The van der Waals surface area contributed by atoms with Crippen LogP contribution in [0.5, 0.6) is 0 Å². The van der Waals surface area contributed by atoms with Crippen molar-refractivity contribution in [3.8, 4) is 0 Å². The zero-order valence-corrected chi connectivity index (χ0v) is 13.8. The van der Waals surface area contributed by atoms with Crippen molar-refractivity contribution in [1.29, 1.82) is 0 Å². The van der Waals surface area contributed by atoms with Crippen molar-refractivity contribution in [2.24, 2.45) is 0 Å². The van der Waals surface area contributed by atoms with Crippen LogP contribution in [0.4, 0.5) is 5.69 Å². The van der Waals surface area contributed by atoms with Crippen LogP contribution in [0.2, 0.25) is 0 Å². The van der Waals surface area contributed by atoms with Crippen LogP contribution in [0.3, 0.4) is 0 Å². The number of ketones is 1. The van der Waals surface area contributed by atoms with Gasteiger partial charge in [-0.25, -0.2) is 5.48 Å². The quantitative estimate of drug-likeness (QED) is 0.196. The van der Waals surface area contributed by atoms with Gasteiger partial charge in [0.1, 0.15) is 5.97 Å². The van der Waals surface area contributed by atoms with Crippen LogP contribution in [-0.2, 0) is 20.8 Å². The molecule has 5 nitrogen and oxygen atoms in total. The SMILES string of the molecule is C=C(S)ONc1ccc(CC(=O)C(=O)[O-])cc1.[K+]. The predicted molar refractivity (Wildman–Crippen MR) is 63.0 cm³/mol. The number of aliphatic carboxylic acids is 1. The number of benzene rings is 1. The van der Waals surface area contributed by atoms with Gasteiger partial charge in [-0.05, 0) is 24.3 Å². The smallest absolute Gasteiger partial charge is 0.542 e. The van der Waals surface area contributed by atoms with E-state index < -0.39 is 11.8 Å². The minimum atomic E-state index is -1.68. The molecular formula is C11H10KNO4S. The Balaban J connectivity index is 0.00000289. The molecule has 0 fully saturated rings. The Morgan fingerprint density at radius 3 is 2.33 bits per heavy atom. The summed E-state index contributed by atoms with van der Waals surface area (Å²) in [6.45, 7) is 3.41. The molecular weight excluding hydrogens is 281 g/mol. The van der Waals surface area contributed by atoms with Crippen molar-refractivity contribution in [3.63, 3.8) is 0 Å². The molecule has 18 heavy (non-hydrogen) atoms. The van der Waals surface area contributed by atoms with Gasteiger partial charge in [0.2, 0.25) is 0 Å². The summed E-state index contributed by atoms with van der Waals surface area (Å²) in [4.78, 5) is 26.0. The normalized spacial score (nSPS) is 8.94. The molecule has 0 saturated heterocycles. The molecule has 1 aromatic rings. The standard InChI is InChI=1S/C11H11NO4S.K/c1-7(17)16-12-9-4-2-8(3-5-9)6-10(13)11(14)15;/h2-5,12,17H,1,6H2,(H,14,15);/q;+1/p-1. The van der Waals surface area contributed by atoms with Gasteiger partial charge < -0.3 is 14.7 Å². The van der Waals surface area contributed by atoms with E-state index in [2.05, 4.69) is 24.7 Å². The number of anilines is 1. The maximum atomic E-state index is 10.9. The number of hydrogen-bond acceptors (Lipinski definition) is 6. The van der Waals surface area contributed by atoms with Crippen molar-refractivity contribution < 1.29 is 70.9 Å². The van der Waals surface area contributed by atoms with Crippen LogP contribution >= 0.6 is 12.6 Å². The van der Waals surface area contributed by atoms with E-state index in [1.807, 2.05) is 0 Å². The topological polar surface area (TPSA) is 78.5 Å². The Morgan fingerprint density at radius 1 is 1.33 bits per heavy atom. The third-order valence-electron chi connectivity index (χ3n) is 1.83. The van der Waals surface area contributed by atoms with E-state index in [1.165, 1.54) is 0 Å². The summed E-state index contributed by atoms with van der Waals surface area (Å²) < 4.78 is 0. The summed E-state index contributed by atoms with van der Waals surface area (Å²) in [6, 6.07) is 6.48. The van der Waals surface area contributed by atoms with Crippen LogP contribution in [0.1, 0.15) is 5.56 Å². The van der Waals surface area contributed by atoms with Crippen LogP contribution in [0, 0.1) is 0 Å². The van der Waals surface area contributed by atoms with Crippen LogP contribution in [0.15, 0.2) is 35.9 Å². The van der Waals surface area contributed by atoms with Crippen LogP contribution in [-0.4, -0.2) is 11.8 Å². The number of carbonyl (C=O) groups excluding carboxylic acids is 2. The van der Waals surface area contributed by atoms with Crippen LogP contribution in [0.25, 0.3) is 0 Å². The van der Waals surface area contributed by atoms with E-state index in [9.17, 15) is 14.7 Å². The van der Waals surface area contributed by atoms with E-state index in [1.54, 1.807) is 24.3 Å². The molecule has 0 amide bonds. The summed E-state index contributed by atoms with van der Waals surface area (Å²) in [7, 11) is 0. The molecule has 1 rings (SSSR count). The first-order valence-electron chi connectivity index (χ1n) is 4.63. The fourth-order valence-electron chi connectivity index (χ4n) is 1.07. The molecule has 0 atom stereocenters. The van der Waals surface area contributed by atoms with Gasteiger partial charge in [0.05, 0.1) is 5.69 Å². The monoisotopic (exact) mass is 291 g/mol. The van der Waals surface area contributed by atoms with Crippen molar-refractivity contribution in [1.82, 2.24) is 0 Å². The maximum absolute atomic E-state index is 10.9. The van der Waals surface area contributed by atoms with Crippen molar-refractivity contribution >= 4 is 30.1 Å². The zero-order chi connectivity index (χ0) is 12.8. The Hall–Kier alpha value is -0.314. The first-order valence-corrected chi connectivity index (χ1v) is 5.07. The summed E-state index contributed by atoms with van der Waals surface area (Å²) in [5.74, 6) is -2.63. The third-order valence-corrected chi connectivity index (χ3v) is 1.92. The van der Waals surface area contributed by atoms with E-state index in [4.69, 9.17) is 4.84 Å². The van der Waals surface area contributed by atoms with E-state index >= 15 is 0 Å². The second kappa shape index (κ2) is 8.73. The number of carboxylic acids is 1. The summed E-state index contributed by atoms with van der Waals surface area (Å²) in [6.07, 6.45) is -0.192. The Labute approximate surface area is 152 Å². The first-order chi connectivity index (χ1) is 7.99. The zero-order valence-electron chi connectivity index (χ0n) is 9.80. The van der Waals surface area contributed by atoms with Gasteiger partial charge in [-0.3, -0.25) is 4.79 Å². The molecule has 0 unspecified atom stereocenters. The van der Waals surface area contributed by atoms with Crippen molar-refractivity contribution in [2.75, 3.05) is 5.48 Å². The van der Waals surface area contributed by atoms with Crippen molar-refractivity contribution in [3.05, 3.63) is 41.5 Å². The minimum Gasteiger partial charge on any atom is -0.542 e. The summed E-state index contributed by atoms with van der Waals surface area (Å²) in [5, 5.41) is 10.4. The molecule has 0 aliphatic heterocycles. The van der Waals surface area contributed by atoms with Gasteiger partial charge in [-0.15, -0.1) is 12.6 Å². The molecule has 0 aliphatic rings. The predicted octanol–water partition coefficient (Wildman–Crippen LogP) is -2.70. The minimum absolute atomic E-state index is 0. The number of Topliss-reactive ketones (excluding diaryl/α,β-unsaturated/α-hetero) is 1. The number of rotatable bonds is 6. The number of carbonyl (C=O) groups is 2. The molecule has 0 spiro atoms. The average Bonchev–Trinajstić information content (AvgIpc) is 2.28. The van der Waals surface area contributed by atoms with Gasteiger partial charge >= 0.3 is 51.4 Å². The molecule has 0 aliphatic carbocycles. The van der Waals surface area contributed by atoms with E-state index in [0.29, 0.717) is 11.3 Å². The summed E-state index contributed by atoms with van der Waals surface area (Å²) >= 11 is 3.82. The van der Waals surface area contributed by atoms with Crippen LogP contribution < -0.4 is 62.0 Å². The van der Waals surface area contributed by atoms with Gasteiger partial charge in [0, 0.05) is 6.42 Å². The molecule has 1 aromatic carbocycles. The van der Waals surface area contributed by atoms with Gasteiger partial charge in [-0.1, -0.05) is 12.1 Å². The number of nitrogens with one attached hydrogen (secondary N) is 1. The second-order valence-corrected chi connectivity index (χ2v) is 3.68. The number of carboxylic acid groups (broad SMARTS) is 1. The van der Waals surface area contributed by atoms with E-state index in [0.717, 1.165) is 0 Å². The van der Waals surface area contributed by atoms with Gasteiger partial charge in [0.15, 0.2) is 10.9 Å². The number of thiol groups is 1. The molecule has 90 valence electrons. The van der Waals surface area contributed by atoms with Gasteiger partial charge in [-0.2, -0.15) is 0 Å². The fourth-order valence-corrected chi connectivity index (χ4v) is 1.11. The Kier molecular flexibility index (Phi) is 8.58.